The molecular formula is C22H21FN4O2S. The Morgan fingerprint density at radius 2 is 1.70 bits per heavy atom. The Labute approximate surface area is 174 Å². The van der Waals surface area contributed by atoms with E-state index in [0.29, 0.717) is 17.8 Å². The van der Waals surface area contributed by atoms with E-state index in [2.05, 4.69) is 19.7 Å². The van der Waals surface area contributed by atoms with Gasteiger partial charge >= 0.3 is 0 Å². The lowest BCUT2D eigenvalue weighted by Gasteiger charge is -2.08. The molecular weight excluding hydrogens is 403 g/mol. The topological polar surface area (TPSA) is 87.7 Å². The van der Waals surface area contributed by atoms with Crippen LogP contribution in [0.25, 0.3) is 33.5 Å². The monoisotopic (exact) mass is 424 g/mol. The van der Waals surface area contributed by atoms with Crippen molar-refractivity contribution < 1.29 is 12.8 Å². The summed E-state index contributed by atoms with van der Waals surface area (Å²) >= 11 is 0. The van der Waals surface area contributed by atoms with Gasteiger partial charge in [-0.05, 0) is 54.4 Å². The summed E-state index contributed by atoms with van der Waals surface area (Å²) in [7, 11) is -3.35. The number of nitrogens with one attached hydrogen (secondary N) is 2. The fourth-order valence-corrected chi connectivity index (χ4v) is 4.48. The molecule has 0 amide bonds. The third-order valence-electron chi connectivity index (χ3n) is 4.78. The Kier molecular flexibility index (Phi) is 5.50. The first-order valence-corrected chi connectivity index (χ1v) is 11.3. The summed E-state index contributed by atoms with van der Waals surface area (Å²) in [5.41, 5.74) is 4.41. The number of halogens is 1. The normalized spacial score (nSPS) is 11.7. The number of unbranched alkanes of at least 4 members (excludes halogenated alkanes) is 1. The van der Waals surface area contributed by atoms with Crippen molar-refractivity contribution in [2.75, 3.05) is 10.5 Å². The molecule has 0 bridgehead atoms. The van der Waals surface area contributed by atoms with E-state index in [1.54, 1.807) is 24.3 Å². The molecule has 30 heavy (non-hydrogen) atoms. The summed E-state index contributed by atoms with van der Waals surface area (Å²) in [4.78, 5) is 11.9. The zero-order valence-corrected chi connectivity index (χ0v) is 17.2. The lowest BCUT2D eigenvalue weighted by atomic mass is 10.1. The number of hydrogen-bond donors (Lipinski definition) is 2. The van der Waals surface area contributed by atoms with Crippen LogP contribution in [-0.4, -0.2) is 29.1 Å². The smallest absolute Gasteiger partial charge is 0.232 e. The van der Waals surface area contributed by atoms with Gasteiger partial charge in [-0.25, -0.2) is 22.8 Å². The molecule has 154 valence electrons. The molecule has 0 aliphatic carbocycles. The predicted molar refractivity (Wildman–Crippen MR) is 117 cm³/mol. The number of aromatic nitrogens is 3. The van der Waals surface area contributed by atoms with Crippen molar-refractivity contribution in [2.24, 2.45) is 0 Å². The fraction of sp³-hybridized carbons (Fsp3) is 0.182. The molecule has 0 atom stereocenters. The highest BCUT2D eigenvalue weighted by atomic mass is 32.2. The zero-order chi connectivity index (χ0) is 21.1. The SMILES string of the molecule is CCCCS(=O)(=O)Nc1ccc(-c2ncnc3[nH]c(-c4ccc(F)cc4)cc23)cc1. The van der Waals surface area contributed by atoms with Crippen LogP contribution in [0.2, 0.25) is 0 Å². The summed E-state index contributed by atoms with van der Waals surface area (Å²) in [5.74, 6) is -0.187. The van der Waals surface area contributed by atoms with Gasteiger partial charge < -0.3 is 4.98 Å². The first-order chi connectivity index (χ1) is 14.4. The number of hydrogen-bond acceptors (Lipinski definition) is 4. The minimum atomic E-state index is -3.35. The summed E-state index contributed by atoms with van der Waals surface area (Å²) in [6.07, 6.45) is 2.92. The van der Waals surface area contributed by atoms with E-state index in [0.717, 1.165) is 34.3 Å². The largest absolute Gasteiger partial charge is 0.339 e. The summed E-state index contributed by atoms with van der Waals surface area (Å²) in [6, 6.07) is 15.2. The molecule has 0 fully saturated rings. The van der Waals surface area contributed by atoms with Crippen LogP contribution in [0.15, 0.2) is 60.9 Å². The maximum atomic E-state index is 13.2. The van der Waals surface area contributed by atoms with Crippen molar-refractivity contribution >= 4 is 26.7 Å². The highest BCUT2D eigenvalue weighted by Gasteiger charge is 2.13. The standard InChI is InChI=1S/C22H21FN4O2S/c1-2-3-12-30(28,29)27-18-10-6-16(7-11-18)21-19-13-20(26-22(19)25-14-24-21)15-4-8-17(23)9-5-15/h4-11,13-14,27H,2-3,12H2,1H3,(H,24,25,26). The van der Waals surface area contributed by atoms with E-state index in [1.807, 2.05) is 25.1 Å². The van der Waals surface area contributed by atoms with Gasteiger partial charge in [-0.3, -0.25) is 4.72 Å². The number of fused-ring (bicyclic) bond motifs is 1. The molecule has 2 aromatic carbocycles. The van der Waals surface area contributed by atoms with Crippen LogP contribution >= 0.6 is 0 Å². The second-order valence-electron chi connectivity index (χ2n) is 7.03. The van der Waals surface area contributed by atoms with Crippen molar-refractivity contribution in [2.45, 2.75) is 19.8 Å². The van der Waals surface area contributed by atoms with Gasteiger partial charge in [-0.1, -0.05) is 25.5 Å². The molecule has 0 spiro atoms. The third kappa shape index (κ3) is 4.33. The van der Waals surface area contributed by atoms with Crippen molar-refractivity contribution in [3.8, 4) is 22.5 Å². The summed E-state index contributed by atoms with van der Waals surface area (Å²) in [6.45, 7) is 1.95. The van der Waals surface area contributed by atoms with Crippen molar-refractivity contribution in [3.63, 3.8) is 0 Å². The Bertz CT molecular complexity index is 1270. The van der Waals surface area contributed by atoms with Crippen molar-refractivity contribution in [1.29, 1.82) is 0 Å². The van der Waals surface area contributed by atoms with Gasteiger partial charge in [0.15, 0.2) is 0 Å². The second-order valence-corrected chi connectivity index (χ2v) is 8.87. The quantitative estimate of drug-likeness (QED) is 0.438. The van der Waals surface area contributed by atoms with E-state index in [9.17, 15) is 12.8 Å². The molecule has 0 radical (unpaired) electrons. The van der Waals surface area contributed by atoms with Gasteiger partial charge in [0.1, 0.15) is 17.8 Å². The van der Waals surface area contributed by atoms with Crippen molar-refractivity contribution in [3.05, 3.63) is 66.7 Å². The first-order valence-electron chi connectivity index (χ1n) is 9.66. The lowest BCUT2D eigenvalue weighted by Crippen LogP contribution is -2.16. The Morgan fingerprint density at radius 3 is 2.40 bits per heavy atom. The Balaban J connectivity index is 1.64. The number of sulfonamides is 1. The van der Waals surface area contributed by atoms with Crippen LogP contribution in [0, 0.1) is 5.82 Å². The third-order valence-corrected chi connectivity index (χ3v) is 6.15. The molecule has 0 saturated heterocycles. The van der Waals surface area contributed by atoms with E-state index in [1.165, 1.54) is 18.5 Å². The average molecular weight is 425 g/mol. The highest BCUT2D eigenvalue weighted by Crippen LogP contribution is 2.30. The van der Waals surface area contributed by atoms with Crippen LogP contribution in [0.4, 0.5) is 10.1 Å². The molecule has 4 aromatic rings. The molecule has 6 nitrogen and oxygen atoms in total. The Hall–Kier alpha value is -3.26. The molecule has 2 aromatic heterocycles. The lowest BCUT2D eigenvalue weighted by molar-refractivity contribution is 0.598. The average Bonchev–Trinajstić information content (AvgIpc) is 3.17. The Morgan fingerprint density at radius 1 is 1.00 bits per heavy atom. The number of nitrogens with zero attached hydrogens (tertiary/aromatic N) is 2. The highest BCUT2D eigenvalue weighted by molar-refractivity contribution is 7.92. The zero-order valence-electron chi connectivity index (χ0n) is 16.4. The van der Waals surface area contributed by atoms with E-state index in [4.69, 9.17) is 0 Å². The molecule has 4 rings (SSSR count). The van der Waals surface area contributed by atoms with Crippen LogP contribution < -0.4 is 4.72 Å². The molecule has 8 heteroatoms. The van der Waals surface area contributed by atoms with Gasteiger partial charge in [-0.2, -0.15) is 0 Å². The maximum absolute atomic E-state index is 13.2. The number of H-pyrrole nitrogens is 1. The van der Waals surface area contributed by atoms with Crippen molar-refractivity contribution in [1.82, 2.24) is 15.0 Å². The molecule has 0 aliphatic heterocycles. The summed E-state index contributed by atoms with van der Waals surface area (Å²) in [5, 5.41) is 0.827. The molecule has 0 aliphatic rings. The van der Waals surface area contributed by atoms with Gasteiger partial charge in [0.05, 0.1) is 11.4 Å². The number of rotatable bonds is 7. The van der Waals surface area contributed by atoms with Gasteiger partial charge in [0.2, 0.25) is 10.0 Å². The predicted octanol–water partition coefficient (Wildman–Crippen LogP) is 4.97. The first kappa shape index (κ1) is 20.0. The van der Waals surface area contributed by atoms with Gasteiger partial charge in [-0.15, -0.1) is 0 Å². The van der Waals surface area contributed by atoms with E-state index in [-0.39, 0.29) is 11.6 Å². The van der Waals surface area contributed by atoms with E-state index >= 15 is 0 Å². The van der Waals surface area contributed by atoms with Crippen LogP contribution in [0.5, 0.6) is 0 Å². The molecule has 0 saturated carbocycles. The fourth-order valence-electron chi connectivity index (χ4n) is 3.22. The minimum absolute atomic E-state index is 0.104. The number of benzene rings is 2. The van der Waals surface area contributed by atoms with Crippen LogP contribution in [-0.2, 0) is 10.0 Å². The second kappa shape index (κ2) is 8.23. The molecule has 0 unspecified atom stereocenters. The van der Waals surface area contributed by atoms with Gasteiger partial charge in [0.25, 0.3) is 0 Å². The summed E-state index contributed by atoms with van der Waals surface area (Å²) < 4.78 is 40.0. The number of aromatic amines is 1. The van der Waals surface area contributed by atoms with Crippen LogP contribution in [0.1, 0.15) is 19.8 Å². The molecule has 2 heterocycles. The van der Waals surface area contributed by atoms with Gasteiger partial charge in [0, 0.05) is 22.3 Å². The minimum Gasteiger partial charge on any atom is -0.339 e. The van der Waals surface area contributed by atoms with Crippen LogP contribution in [0.3, 0.4) is 0 Å². The number of anilines is 1. The van der Waals surface area contributed by atoms with E-state index < -0.39 is 10.0 Å². The maximum Gasteiger partial charge on any atom is 0.232 e. The molecule has 2 N–H and O–H groups in total.